The number of aromatic amines is 1. The van der Waals surface area contributed by atoms with Crippen LogP contribution in [0.2, 0.25) is 0 Å². The molecule has 1 saturated heterocycles. The maximum atomic E-state index is 13.0. The van der Waals surface area contributed by atoms with Gasteiger partial charge in [-0.1, -0.05) is 0 Å². The lowest BCUT2D eigenvalue weighted by Crippen LogP contribution is -2.39. The molecule has 0 radical (unpaired) electrons. The number of likely N-dealkylation sites (tertiary alicyclic amines) is 1. The van der Waals surface area contributed by atoms with E-state index in [2.05, 4.69) is 25.3 Å². The smallest absolute Gasteiger partial charge is 0.274 e. The van der Waals surface area contributed by atoms with Crippen LogP contribution in [-0.2, 0) is 7.05 Å². The fourth-order valence-electron chi connectivity index (χ4n) is 3.32. The molecule has 8 nitrogen and oxygen atoms in total. The lowest BCUT2D eigenvalue weighted by molar-refractivity contribution is 0.0593. The Morgan fingerprint density at radius 2 is 2.08 bits per heavy atom. The van der Waals surface area contributed by atoms with E-state index < -0.39 is 0 Å². The van der Waals surface area contributed by atoms with Crippen molar-refractivity contribution in [1.29, 1.82) is 0 Å². The maximum absolute atomic E-state index is 13.0. The van der Waals surface area contributed by atoms with Gasteiger partial charge in [-0.2, -0.15) is 10.2 Å². The number of hydrogen-bond acceptors (Lipinski definition) is 5. The number of nitrogens with one attached hydrogen (secondary N) is 1. The fraction of sp³-hybridized carbons (Fsp3) is 0.389. The van der Waals surface area contributed by atoms with Crippen LogP contribution in [0.5, 0.6) is 0 Å². The highest BCUT2D eigenvalue weighted by Crippen LogP contribution is 2.31. The van der Waals surface area contributed by atoms with Gasteiger partial charge in [0.25, 0.3) is 5.91 Å². The highest BCUT2D eigenvalue weighted by Gasteiger charge is 2.32. The van der Waals surface area contributed by atoms with Crippen molar-refractivity contribution in [1.82, 2.24) is 34.8 Å². The van der Waals surface area contributed by atoms with Gasteiger partial charge >= 0.3 is 0 Å². The third kappa shape index (κ3) is 2.98. The molecule has 1 aliphatic heterocycles. The van der Waals surface area contributed by atoms with Crippen LogP contribution in [0.4, 0.5) is 0 Å². The number of rotatable bonds is 3. The zero-order valence-electron chi connectivity index (χ0n) is 14.9. The summed E-state index contributed by atoms with van der Waals surface area (Å²) in [5.41, 5.74) is 2.34. The van der Waals surface area contributed by atoms with Crippen LogP contribution in [0.15, 0.2) is 30.6 Å². The summed E-state index contributed by atoms with van der Waals surface area (Å²) in [7, 11) is 1.84. The van der Waals surface area contributed by atoms with Crippen molar-refractivity contribution in [3.8, 4) is 11.4 Å². The molecule has 3 aromatic rings. The third-order valence-electron chi connectivity index (χ3n) is 4.85. The number of amides is 1. The Morgan fingerprint density at radius 1 is 1.27 bits per heavy atom. The van der Waals surface area contributed by atoms with Crippen molar-refractivity contribution in [2.75, 3.05) is 6.54 Å². The number of H-pyrrole nitrogens is 1. The lowest BCUT2D eigenvalue weighted by Gasteiger charge is -2.33. The second-order valence-electron chi connectivity index (χ2n) is 6.58. The van der Waals surface area contributed by atoms with Gasteiger partial charge in [-0.25, -0.2) is 4.98 Å². The van der Waals surface area contributed by atoms with Gasteiger partial charge in [0.1, 0.15) is 5.82 Å². The molecule has 1 N–H and O–H groups in total. The molecule has 0 saturated carbocycles. The number of hydrogen-bond donors (Lipinski definition) is 1. The monoisotopic (exact) mass is 351 g/mol. The highest BCUT2D eigenvalue weighted by molar-refractivity contribution is 5.92. The number of aryl methyl sites for hydroxylation is 2. The summed E-state index contributed by atoms with van der Waals surface area (Å²) in [6.45, 7) is 2.64. The molecule has 1 aliphatic rings. The van der Waals surface area contributed by atoms with Crippen LogP contribution >= 0.6 is 0 Å². The summed E-state index contributed by atoms with van der Waals surface area (Å²) >= 11 is 0. The molecular formula is C18H21N7O. The molecule has 1 amide bonds. The van der Waals surface area contributed by atoms with E-state index in [1.807, 2.05) is 37.1 Å². The quantitative estimate of drug-likeness (QED) is 0.781. The van der Waals surface area contributed by atoms with Crippen molar-refractivity contribution in [2.24, 2.45) is 7.05 Å². The number of nitrogens with zero attached hydrogens (tertiary/aromatic N) is 6. The number of piperidine rings is 1. The van der Waals surface area contributed by atoms with E-state index in [1.165, 1.54) is 0 Å². The number of aromatic nitrogens is 6. The summed E-state index contributed by atoms with van der Waals surface area (Å²) < 4.78 is 1.72. The van der Waals surface area contributed by atoms with E-state index in [0.29, 0.717) is 18.1 Å². The second kappa shape index (κ2) is 6.70. The summed E-state index contributed by atoms with van der Waals surface area (Å²) in [4.78, 5) is 23.5. The summed E-state index contributed by atoms with van der Waals surface area (Å²) in [5, 5.41) is 11.7. The predicted octanol–water partition coefficient (Wildman–Crippen LogP) is 2.28. The first-order valence-corrected chi connectivity index (χ1v) is 8.78. The Labute approximate surface area is 151 Å². The van der Waals surface area contributed by atoms with Gasteiger partial charge in [0.05, 0.1) is 6.04 Å². The first-order chi connectivity index (χ1) is 12.6. The average Bonchev–Trinajstić information content (AvgIpc) is 3.29. The topological polar surface area (TPSA) is 92.6 Å². The van der Waals surface area contributed by atoms with Crippen LogP contribution in [0, 0.1) is 6.92 Å². The zero-order chi connectivity index (χ0) is 18.1. The summed E-state index contributed by atoms with van der Waals surface area (Å²) in [6, 6.07) is 5.46. The molecule has 0 spiro atoms. The number of carbonyl (C=O) groups is 1. The van der Waals surface area contributed by atoms with Crippen molar-refractivity contribution in [2.45, 2.75) is 32.2 Å². The maximum Gasteiger partial charge on any atom is 0.274 e. The van der Waals surface area contributed by atoms with Crippen molar-refractivity contribution >= 4 is 5.91 Å². The van der Waals surface area contributed by atoms with Gasteiger partial charge < -0.3 is 4.90 Å². The van der Waals surface area contributed by atoms with Gasteiger partial charge in [-0.05, 0) is 44.4 Å². The predicted molar refractivity (Wildman–Crippen MR) is 95.2 cm³/mol. The molecule has 4 rings (SSSR count). The lowest BCUT2D eigenvalue weighted by atomic mass is 10.0. The van der Waals surface area contributed by atoms with Crippen LogP contribution < -0.4 is 0 Å². The molecular weight excluding hydrogens is 330 g/mol. The molecule has 1 atom stereocenters. The van der Waals surface area contributed by atoms with E-state index in [1.54, 1.807) is 17.1 Å². The van der Waals surface area contributed by atoms with Crippen molar-refractivity contribution in [3.05, 3.63) is 47.8 Å². The fourth-order valence-corrected chi connectivity index (χ4v) is 3.32. The molecule has 26 heavy (non-hydrogen) atoms. The van der Waals surface area contributed by atoms with Crippen LogP contribution in [-0.4, -0.2) is 47.3 Å². The average molecular weight is 351 g/mol. The van der Waals surface area contributed by atoms with Gasteiger partial charge in [0, 0.05) is 37.2 Å². The Hall–Kier alpha value is -3.03. The molecule has 3 aromatic heterocycles. The largest absolute Gasteiger partial charge is 0.327 e. The minimum absolute atomic E-state index is 0.0553. The first kappa shape index (κ1) is 16.4. The standard InChI is InChI=1S/C18H21N7O/c1-12-11-14(23-24(12)2)18(26)25-10-4-3-5-15(25)17-20-16(21-22-17)13-6-8-19-9-7-13/h6-9,11,15H,3-5,10H2,1-2H3,(H,20,21,22). The van der Waals surface area contributed by atoms with Crippen molar-refractivity contribution in [3.63, 3.8) is 0 Å². The minimum Gasteiger partial charge on any atom is -0.327 e. The highest BCUT2D eigenvalue weighted by atomic mass is 16.2. The number of carbonyl (C=O) groups excluding carboxylic acids is 1. The van der Waals surface area contributed by atoms with Gasteiger partial charge in [-0.15, -0.1) is 0 Å². The molecule has 0 aliphatic carbocycles. The van der Waals surface area contributed by atoms with Crippen LogP contribution in [0.25, 0.3) is 11.4 Å². The van der Waals surface area contributed by atoms with E-state index >= 15 is 0 Å². The summed E-state index contributed by atoms with van der Waals surface area (Å²) in [6.07, 6.45) is 6.33. The Balaban J connectivity index is 1.62. The Kier molecular flexibility index (Phi) is 4.24. The molecule has 134 valence electrons. The summed E-state index contributed by atoms with van der Waals surface area (Å²) in [5.74, 6) is 1.28. The van der Waals surface area contributed by atoms with Crippen LogP contribution in [0.1, 0.15) is 47.3 Å². The van der Waals surface area contributed by atoms with Gasteiger partial charge in [0.2, 0.25) is 0 Å². The minimum atomic E-state index is -0.110. The van der Waals surface area contributed by atoms with E-state index in [4.69, 9.17) is 0 Å². The molecule has 0 aromatic carbocycles. The van der Waals surface area contributed by atoms with Crippen LogP contribution in [0.3, 0.4) is 0 Å². The molecule has 8 heteroatoms. The molecule has 4 heterocycles. The Bertz CT molecular complexity index is 895. The molecule has 1 unspecified atom stereocenters. The SMILES string of the molecule is Cc1cc(C(=O)N2CCCCC2c2nc(-c3ccncc3)n[nH]2)nn1C. The molecule has 1 fully saturated rings. The van der Waals surface area contributed by atoms with Gasteiger partial charge in [-0.3, -0.25) is 19.6 Å². The zero-order valence-corrected chi connectivity index (χ0v) is 14.9. The molecule has 0 bridgehead atoms. The van der Waals surface area contributed by atoms with E-state index in [9.17, 15) is 4.79 Å². The second-order valence-corrected chi connectivity index (χ2v) is 6.58. The van der Waals surface area contributed by atoms with Gasteiger partial charge in [0.15, 0.2) is 11.5 Å². The van der Waals surface area contributed by atoms with E-state index in [0.717, 1.165) is 36.3 Å². The first-order valence-electron chi connectivity index (χ1n) is 8.78. The third-order valence-corrected chi connectivity index (χ3v) is 4.85. The van der Waals surface area contributed by atoms with Crippen molar-refractivity contribution < 1.29 is 4.79 Å². The number of pyridine rings is 1. The normalized spacial score (nSPS) is 17.5. The Morgan fingerprint density at radius 3 is 2.81 bits per heavy atom. The van der Waals surface area contributed by atoms with E-state index in [-0.39, 0.29) is 11.9 Å².